The van der Waals surface area contributed by atoms with Gasteiger partial charge < -0.3 is 24.1 Å². The molecular weight excluding hydrogens is 545 g/mol. The summed E-state index contributed by atoms with van der Waals surface area (Å²) in [7, 11) is -2.82. The predicted molar refractivity (Wildman–Crippen MR) is 171 cm³/mol. The number of unbranched alkanes of at least 4 members (excludes halogenated alkanes) is 1. The lowest BCUT2D eigenvalue weighted by Crippen LogP contribution is -2.20. The molecule has 0 spiro atoms. The predicted octanol–water partition coefficient (Wildman–Crippen LogP) is 8.63. The van der Waals surface area contributed by atoms with Crippen molar-refractivity contribution in [3.8, 4) is 17.2 Å². The van der Waals surface area contributed by atoms with Crippen molar-refractivity contribution >= 4 is 7.37 Å². The zero-order valence-electron chi connectivity index (χ0n) is 25.2. The molecule has 7 heteroatoms. The van der Waals surface area contributed by atoms with Gasteiger partial charge in [-0.2, -0.15) is 0 Å². The Balaban J connectivity index is 1.10. The third kappa shape index (κ3) is 11.1. The Labute approximate surface area is 252 Å². The monoisotopic (exact) mass is 593 g/mol. The summed E-state index contributed by atoms with van der Waals surface area (Å²) in [6.45, 7) is 5.66. The van der Waals surface area contributed by atoms with Crippen LogP contribution < -0.4 is 19.5 Å². The van der Waals surface area contributed by atoms with E-state index in [2.05, 4.69) is 36.5 Å². The summed E-state index contributed by atoms with van der Waals surface area (Å²) in [4.78, 5) is 0. The van der Waals surface area contributed by atoms with E-state index in [4.69, 9.17) is 18.7 Å². The topological polar surface area (TPSA) is 66.0 Å². The zero-order valence-corrected chi connectivity index (χ0v) is 26.1. The molecule has 42 heavy (non-hydrogen) atoms. The van der Waals surface area contributed by atoms with Crippen LogP contribution >= 0.6 is 7.37 Å². The van der Waals surface area contributed by atoms with Gasteiger partial charge in [0.2, 0.25) is 7.37 Å². The minimum absolute atomic E-state index is 0.142. The van der Waals surface area contributed by atoms with Gasteiger partial charge in [0.1, 0.15) is 23.9 Å². The quantitative estimate of drug-likeness (QED) is 0.111. The number of ether oxygens (including phenoxy) is 3. The molecule has 1 aliphatic carbocycles. The fourth-order valence-corrected chi connectivity index (χ4v) is 7.56. The van der Waals surface area contributed by atoms with Crippen molar-refractivity contribution in [2.45, 2.75) is 77.0 Å². The number of benzene rings is 3. The van der Waals surface area contributed by atoms with Crippen LogP contribution in [-0.2, 0) is 22.1 Å². The van der Waals surface area contributed by atoms with Gasteiger partial charge in [0.15, 0.2) is 6.35 Å². The highest BCUT2D eigenvalue weighted by Crippen LogP contribution is 2.56. The summed E-state index contributed by atoms with van der Waals surface area (Å²) in [6.07, 6.45) is 9.49. The summed E-state index contributed by atoms with van der Waals surface area (Å²) in [5.41, 5.74) is 2.53. The van der Waals surface area contributed by atoms with Crippen LogP contribution in [0.2, 0.25) is 0 Å². The molecule has 228 valence electrons. The van der Waals surface area contributed by atoms with E-state index < -0.39 is 7.37 Å². The largest absolute Gasteiger partial charge is 0.493 e. The molecule has 1 fully saturated rings. The maximum absolute atomic E-state index is 13.7. The van der Waals surface area contributed by atoms with Gasteiger partial charge in [-0.3, -0.25) is 4.57 Å². The normalized spacial score (nSPS) is 15.2. The average Bonchev–Trinajstić information content (AvgIpc) is 3.04. The van der Waals surface area contributed by atoms with Crippen LogP contribution in [0.15, 0.2) is 78.9 Å². The van der Waals surface area contributed by atoms with Crippen molar-refractivity contribution in [1.29, 1.82) is 0 Å². The molecule has 6 nitrogen and oxygen atoms in total. The van der Waals surface area contributed by atoms with E-state index in [1.165, 1.54) is 12.0 Å². The van der Waals surface area contributed by atoms with Gasteiger partial charge in [-0.1, -0.05) is 81.1 Å². The fourth-order valence-electron chi connectivity index (χ4n) is 5.14. The maximum Gasteiger partial charge on any atom is 0.242 e. The summed E-state index contributed by atoms with van der Waals surface area (Å²) in [6, 6.07) is 26.1. The van der Waals surface area contributed by atoms with Gasteiger partial charge in [-0.25, -0.2) is 0 Å². The second-order valence-electron chi connectivity index (χ2n) is 11.1. The Kier molecular flexibility index (Phi) is 13.8. The van der Waals surface area contributed by atoms with Crippen molar-refractivity contribution in [2.75, 3.05) is 32.7 Å². The number of hydrogen-bond acceptors (Lipinski definition) is 6. The second-order valence-corrected chi connectivity index (χ2v) is 13.8. The van der Waals surface area contributed by atoms with E-state index in [-0.39, 0.29) is 12.0 Å². The third-order valence-corrected chi connectivity index (χ3v) is 10.4. The molecule has 4 rings (SSSR count). The van der Waals surface area contributed by atoms with Gasteiger partial charge in [-0.15, -0.1) is 0 Å². The molecule has 1 saturated carbocycles. The fraction of sp³-hybridized carbons (Fsp3) is 0.486. The molecule has 1 unspecified atom stereocenters. The lowest BCUT2D eigenvalue weighted by atomic mass is 10.0. The standard InChI is InChI=1S/C35H48NO5P/c1-2-3-26-41-42(37,35-16-8-5-9-17-35)29-40-32-20-18-30(19-21-32)22-24-36-23-11-25-38-33-14-10-15-34(27-33)39-28-31-12-6-4-7-13-31/h4,6-7,10,12-15,18-21,27,35-36H,2-3,5,8-9,11,16-17,22-26,28-29H2,1H3. The van der Waals surface area contributed by atoms with E-state index >= 15 is 0 Å². The Hall–Kier alpha value is -2.79. The summed E-state index contributed by atoms with van der Waals surface area (Å²) in [5, 5.41) is 3.50. The number of rotatable bonds is 19. The first-order valence-corrected chi connectivity index (χ1v) is 17.6. The molecule has 0 bridgehead atoms. The third-order valence-electron chi connectivity index (χ3n) is 7.68. The van der Waals surface area contributed by atoms with E-state index in [0.717, 1.165) is 87.3 Å². The number of hydrogen-bond donors (Lipinski definition) is 1. The zero-order chi connectivity index (χ0) is 29.3. The van der Waals surface area contributed by atoms with Crippen LogP contribution in [0.3, 0.4) is 0 Å². The van der Waals surface area contributed by atoms with Crippen LogP contribution in [-0.4, -0.2) is 38.3 Å². The molecule has 0 saturated heterocycles. The molecule has 1 atom stereocenters. The molecule has 1 aliphatic rings. The second kappa shape index (κ2) is 18.0. The van der Waals surface area contributed by atoms with E-state index in [1.807, 2.05) is 54.6 Å². The van der Waals surface area contributed by atoms with Gasteiger partial charge >= 0.3 is 0 Å². The van der Waals surface area contributed by atoms with Gasteiger partial charge in [-0.05, 0) is 80.6 Å². The first-order chi connectivity index (χ1) is 20.6. The van der Waals surface area contributed by atoms with Gasteiger partial charge in [0, 0.05) is 11.7 Å². The molecule has 0 radical (unpaired) electrons. The lowest BCUT2D eigenvalue weighted by molar-refractivity contribution is 0.263. The van der Waals surface area contributed by atoms with Crippen molar-refractivity contribution < 1.29 is 23.3 Å². The maximum atomic E-state index is 13.7. The van der Waals surface area contributed by atoms with E-state index in [1.54, 1.807) is 0 Å². The smallest absolute Gasteiger partial charge is 0.242 e. The van der Waals surface area contributed by atoms with Crippen molar-refractivity contribution in [2.24, 2.45) is 0 Å². The summed E-state index contributed by atoms with van der Waals surface area (Å²) < 4.78 is 37.6. The van der Waals surface area contributed by atoms with E-state index in [9.17, 15) is 4.57 Å². The Morgan fingerprint density at radius 1 is 0.738 bits per heavy atom. The Morgan fingerprint density at radius 3 is 2.26 bits per heavy atom. The summed E-state index contributed by atoms with van der Waals surface area (Å²) >= 11 is 0. The average molecular weight is 594 g/mol. The van der Waals surface area contributed by atoms with Crippen molar-refractivity contribution in [3.05, 3.63) is 90.0 Å². The first-order valence-electron chi connectivity index (χ1n) is 15.7. The molecule has 3 aromatic carbocycles. The van der Waals surface area contributed by atoms with Crippen LogP contribution in [0.4, 0.5) is 0 Å². The molecular formula is C35H48NO5P. The first kappa shape index (κ1) is 32.1. The molecule has 0 amide bonds. The SMILES string of the molecule is CCCCOP(=O)(COc1ccc(CCNCCCOc2cccc(OCc3ccccc3)c2)cc1)C1CCCCC1. The Bertz CT molecular complexity index is 1200. The Morgan fingerprint density at radius 2 is 1.50 bits per heavy atom. The van der Waals surface area contributed by atoms with E-state index in [0.29, 0.717) is 19.8 Å². The summed E-state index contributed by atoms with van der Waals surface area (Å²) in [5.74, 6) is 2.39. The van der Waals surface area contributed by atoms with Crippen LogP contribution in [0.5, 0.6) is 17.2 Å². The number of nitrogens with one attached hydrogen (secondary N) is 1. The van der Waals surface area contributed by atoms with Crippen LogP contribution in [0.25, 0.3) is 0 Å². The highest BCUT2D eigenvalue weighted by molar-refractivity contribution is 7.59. The van der Waals surface area contributed by atoms with Crippen LogP contribution in [0.1, 0.15) is 69.4 Å². The van der Waals surface area contributed by atoms with Crippen molar-refractivity contribution in [1.82, 2.24) is 5.32 Å². The molecule has 0 aromatic heterocycles. The molecule has 0 aliphatic heterocycles. The minimum atomic E-state index is -2.82. The van der Waals surface area contributed by atoms with Crippen LogP contribution in [0, 0.1) is 0 Å². The lowest BCUT2D eigenvalue weighted by Gasteiger charge is -2.30. The molecule has 0 heterocycles. The highest BCUT2D eigenvalue weighted by Gasteiger charge is 2.36. The van der Waals surface area contributed by atoms with Crippen molar-refractivity contribution in [3.63, 3.8) is 0 Å². The van der Waals surface area contributed by atoms with Gasteiger partial charge in [0.25, 0.3) is 0 Å². The van der Waals surface area contributed by atoms with Gasteiger partial charge in [0.05, 0.1) is 13.2 Å². The highest BCUT2D eigenvalue weighted by atomic mass is 31.2. The minimum Gasteiger partial charge on any atom is -0.493 e. The molecule has 3 aromatic rings. The molecule has 1 N–H and O–H groups in total.